The Hall–Kier alpha value is -0.160. The lowest BCUT2D eigenvalue weighted by molar-refractivity contribution is 0.223. The molecule has 0 amide bonds. The molecule has 90 valence electrons. The molecule has 4 heteroatoms. The van der Waals surface area contributed by atoms with Gasteiger partial charge in [0.15, 0.2) is 0 Å². The van der Waals surface area contributed by atoms with Gasteiger partial charge in [0, 0.05) is 9.35 Å². The van der Waals surface area contributed by atoms with Crippen LogP contribution in [0, 0.1) is 13.8 Å². The number of aryl methyl sites for hydroxylation is 1. The maximum absolute atomic E-state index is 10.4. The van der Waals surface area contributed by atoms with Crippen molar-refractivity contribution in [3.05, 3.63) is 54.1 Å². The summed E-state index contributed by atoms with van der Waals surface area (Å²) in [6.07, 6.45) is -0.553. The number of rotatable bonds is 2. The minimum absolute atomic E-state index is 0.553. The summed E-state index contributed by atoms with van der Waals surface area (Å²) in [5.74, 6) is 0. The maximum atomic E-state index is 10.4. The van der Waals surface area contributed by atoms with E-state index in [4.69, 9.17) is 0 Å². The van der Waals surface area contributed by atoms with Gasteiger partial charge in [-0.05, 0) is 68.5 Å². The topological polar surface area (TPSA) is 20.2 Å². The second kappa shape index (κ2) is 5.22. The van der Waals surface area contributed by atoms with Crippen molar-refractivity contribution in [2.24, 2.45) is 0 Å². The molecule has 0 saturated carbocycles. The van der Waals surface area contributed by atoms with Crippen molar-refractivity contribution in [3.8, 4) is 0 Å². The Kier molecular flexibility index (Phi) is 4.08. The molecule has 0 bridgehead atoms. The summed E-state index contributed by atoms with van der Waals surface area (Å²) in [7, 11) is 0. The largest absolute Gasteiger partial charge is 0.383 e. The Balaban J connectivity index is 2.43. The first-order valence-electron chi connectivity index (χ1n) is 5.19. The van der Waals surface area contributed by atoms with E-state index in [9.17, 15) is 5.11 Å². The van der Waals surface area contributed by atoms with Gasteiger partial charge in [-0.25, -0.2) is 0 Å². The first-order chi connectivity index (χ1) is 8.00. The fourth-order valence-corrected chi connectivity index (χ4v) is 3.82. The van der Waals surface area contributed by atoms with E-state index >= 15 is 0 Å². The molecule has 0 fully saturated rings. The summed E-state index contributed by atoms with van der Waals surface area (Å²) in [6.45, 7) is 4.11. The minimum Gasteiger partial charge on any atom is -0.383 e. The molecule has 17 heavy (non-hydrogen) atoms. The molecule has 2 aromatic rings. The van der Waals surface area contributed by atoms with Crippen molar-refractivity contribution in [3.63, 3.8) is 0 Å². The molecule has 0 spiro atoms. The Labute approximate surface area is 122 Å². The van der Waals surface area contributed by atoms with Crippen molar-refractivity contribution >= 4 is 43.2 Å². The van der Waals surface area contributed by atoms with Gasteiger partial charge in [0.25, 0.3) is 0 Å². The average Bonchev–Trinajstić information content (AvgIpc) is 2.62. The first kappa shape index (κ1) is 13.3. The third-order valence-corrected chi connectivity index (χ3v) is 6.18. The number of hydrogen-bond donors (Lipinski definition) is 1. The molecule has 0 aliphatic carbocycles. The fraction of sp³-hybridized carbons (Fsp3) is 0.231. The maximum Gasteiger partial charge on any atom is 0.114 e. The highest BCUT2D eigenvalue weighted by molar-refractivity contribution is 9.13. The molecule has 0 radical (unpaired) electrons. The van der Waals surface area contributed by atoms with Gasteiger partial charge < -0.3 is 5.11 Å². The van der Waals surface area contributed by atoms with Gasteiger partial charge in [-0.3, -0.25) is 0 Å². The number of hydrogen-bond acceptors (Lipinski definition) is 2. The number of halogens is 2. The molecule has 1 nitrogen and oxygen atoms in total. The molecule has 1 unspecified atom stereocenters. The van der Waals surface area contributed by atoms with Crippen molar-refractivity contribution < 1.29 is 5.11 Å². The normalized spacial score (nSPS) is 12.8. The van der Waals surface area contributed by atoms with Crippen molar-refractivity contribution in [2.75, 3.05) is 0 Å². The van der Waals surface area contributed by atoms with E-state index in [-0.39, 0.29) is 0 Å². The second-order valence-electron chi connectivity index (χ2n) is 3.96. The number of benzene rings is 1. The molecule has 0 saturated heterocycles. The van der Waals surface area contributed by atoms with E-state index in [0.29, 0.717) is 0 Å². The van der Waals surface area contributed by atoms with E-state index < -0.39 is 6.10 Å². The summed E-state index contributed by atoms with van der Waals surface area (Å²) < 4.78 is 2.00. The Bertz CT molecular complexity index is 529. The summed E-state index contributed by atoms with van der Waals surface area (Å²) in [6, 6.07) is 7.99. The van der Waals surface area contributed by atoms with E-state index in [1.807, 2.05) is 25.1 Å². The molecule has 0 aliphatic heterocycles. The van der Waals surface area contributed by atoms with Gasteiger partial charge in [-0.2, -0.15) is 0 Å². The fourth-order valence-electron chi connectivity index (χ4n) is 1.72. The van der Waals surface area contributed by atoms with Crippen LogP contribution in [0.4, 0.5) is 0 Å². The Morgan fingerprint density at radius 3 is 2.53 bits per heavy atom. The van der Waals surface area contributed by atoms with E-state index in [0.717, 1.165) is 24.3 Å². The number of aliphatic hydroxyl groups is 1. The first-order valence-corrected chi connectivity index (χ1v) is 7.60. The molecular weight excluding hydrogens is 364 g/mol. The smallest absolute Gasteiger partial charge is 0.114 e. The zero-order valence-electron chi connectivity index (χ0n) is 9.50. The van der Waals surface area contributed by atoms with Crippen LogP contribution in [-0.4, -0.2) is 5.11 Å². The summed E-state index contributed by atoms with van der Waals surface area (Å²) in [5.41, 5.74) is 3.34. The number of aliphatic hydroxyl groups excluding tert-OH is 1. The van der Waals surface area contributed by atoms with Gasteiger partial charge in [0.2, 0.25) is 0 Å². The third kappa shape index (κ3) is 2.65. The molecule has 1 aromatic heterocycles. The Morgan fingerprint density at radius 2 is 1.94 bits per heavy atom. The quantitative estimate of drug-likeness (QED) is 0.785. The SMILES string of the molecule is Cc1cccc(C(O)c2cc(Br)c(Br)s2)c1C. The molecular formula is C13H12Br2OS. The monoisotopic (exact) mass is 374 g/mol. The summed E-state index contributed by atoms with van der Waals surface area (Å²) >= 11 is 8.44. The Morgan fingerprint density at radius 1 is 1.24 bits per heavy atom. The van der Waals surface area contributed by atoms with E-state index in [2.05, 4.69) is 44.8 Å². The lowest BCUT2D eigenvalue weighted by atomic mass is 9.98. The lowest BCUT2D eigenvalue weighted by Crippen LogP contribution is -2.01. The molecule has 1 heterocycles. The standard InChI is InChI=1S/C13H12Br2OS/c1-7-4-3-5-9(8(7)2)12(16)11-6-10(14)13(15)17-11/h3-6,12,16H,1-2H3. The average molecular weight is 376 g/mol. The minimum atomic E-state index is -0.553. The van der Waals surface area contributed by atoms with Crippen molar-refractivity contribution in [1.29, 1.82) is 0 Å². The van der Waals surface area contributed by atoms with Crippen LogP contribution in [0.5, 0.6) is 0 Å². The lowest BCUT2D eigenvalue weighted by Gasteiger charge is -2.13. The van der Waals surface area contributed by atoms with Crippen LogP contribution >= 0.6 is 43.2 Å². The van der Waals surface area contributed by atoms with Crippen LogP contribution in [0.3, 0.4) is 0 Å². The molecule has 2 rings (SSSR count). The zero-order chi connectivity index (χ0) is 12.6. The van der Waals surface area contributed by atoms with Crippen LogP contribution < -0.4 is 0 Å². The van der Waals surface area contributed by atoms with E-state index in [1.165, 1.54) is 5.56 Å². The third-order valence-electron chi connectivity index (χ3n) is 2.87. The van der Waals surface area contributed by atoms with Crippen LogP contribution in [0.15, 0.2) is 32.5 Å². The van der Waals surface area contributed by atoms with Gasteiger partial charge >= 0.3 is 0 Å². The second-order valence-corrected chi connectivity index (χ2v) is 7.22. The van der Waals surface area contributed by atoms with Gasteiger partial charge in [-0.15, -0.1) is 11.3 Å². The molecule has 1 atom stereocenters. The highest BCUT2D eigenvalue weighted by Crippen LogP contribution is 2.38. The highest BCUT2D eigenvalue weighted by atomic mass is 79.9. The summed E-state index contributed by atoms with van der Waals surface area (Å²) in [5, 5.41) is 10.4. The molecule has 1 N–H and O–H groups in total. The molecule has 0 aliphatic rings. The molecule has 1 aromatic carbocycles. The van der Waals surface area contributed by atoms with Crippen molar-refractivity contribution in [2.45, 2.75) is 20.0 Å². The van der Waals surface area contributed by atoms with Crippen LogP contribution in [0.2, 0.25) is 0 Å². The van der Waals surface area contributed by atoms with Gasteiger partial charge in [0.1, 0.15) is 6.10 Å². The predicted molar refractivity (Wildman–Crippen MR) is 79.7 cm³/mol. The zero-order valence-corrected chi connectivity index (χ0v) is 13.5. The van der Waals surface area contributed by atoms with Crippen LogP contribution in [0.25, 0.3) is 0 Å². The van der Waals surface area contributed by atoms with E-state index in [1.54, 1.807) is 11.3 Å². The van der Waals surface area contributed by atoms with Crippen LogP contribution in [0.1, 0.15) is 27.7 Å². The van der Waals surface area contributed by atoms with Crippen molar-refractivity contribution in [1.82, 2.24) is 0 Å². The van der Waals surface area contributed by atoms with Gasteiger partial charge in [0.05, 0.1) is 3.79 Å². The number of thiophene rings is 1. The summed E-state index contributed by atoms with van der Waals surface area (Å²) in [4.78, 5) is 0.942. The van der Waals surface area contributed by atoms with Crippen LogP contribution in [-0.2, 0) is 0 Å². The predicted octanol–water partition coefficient (Wildman–Crippen LogP) is 4.97. The van der Waals surface area contributed by atoms with Gasteiger partial charge in [-0.1, -0.05) is 18.2 Å². The highest BCUT2D eigenvalue weighted by Gasteiger charge is 2.17.